The Morgan fingerprint density at radius 3 is 2.65 bits per heavy atom. The van der Waals surface area contributed by atoms with Gasteiger partial charge in [-0.15, -0.1) is 0 Å². The van der Waals surface area contributed by atoms with Crippen molar-refractivity contribution in [2.24, 2.45) is 0 Å². The Morgan fingerprint density at radius 2 is 2.20 bits per heavy atom. The predicted molar refractivity (Wildman–Crippen MR) is 75.3 cm³/mol. The minimum absolute atomic E-state index is 0.0281. The van der Waals surface area contributed by atoms with Crippen LogP contribution in [-0.4, -0.2) is 21.6 Å². The molecule has 6 nitrogen and oxygen atoms in total. The molecular weight excluding hydrogens is 353 g/mol. The van der Waals surface area contributed by atoms with Gasteiger partial charge in [-0.3, -0.25) is 14.9 Å². The highest BCUT2D eigenvalue weighted by molar-refractivity contribution is 9.10. The average molecular weight is 365 g/mol. The molecule has 1 aromatic rings. The highest BCUT2D eigenvalue weighted by Crippen LogP contribution is 2.45. The van der Waals surface area contributed by atoms with Crippen molar-refractivity contribution in [3.8, 4) is 5.75 Å². The Balaban J connectivity index is 2.37. The number of halogens is 2. The Kier molecular flexibility index (Phi) is 4.19. The number of carboxylic acids is 1. The molecule has 8 heteroatoms. The second kappa shape index (κ2) is 5.57. The predicted octanol–water partition coefficient (Wildman–Crippen LogP) is 3.79. The molecule has 0 aliphatic heterocycles. The van der Waals surface area contributed by atoms with Crippen molar-refractivity contribution in [1.82, 2.24) is 0 Å². The van der Waals surface area contributed by atoms with Crippen LogP contribution in [0.25, 0.3) is 0 Å². The zero-order chi connectivity index (χ0) is 14.9. The van der Waals surface area contributed by atoms with E-state index in [-0.39, 0.29) is 22.9 Å². The van der Waals surface area contributed by atoms with Crippen LogP contribution in [0.1, 0.15) is 25.7 Å². The van der Waals surface area contributed by atoms with Gasteiger partial charge in [-0.05, 0) is 41.3 Å². The number of aliphatic carboxylic acids is 1. The Bertz CT molecular complexity index is 573. The summed E-state index contributed by atoms with van der Waals surface area (Å²) in [6.07, 6.45) is 1.78. The molecule has 0 spiro atoms. The number of ether oxygens (including phenoxy) is 1. The second-order valence-corrected chi connectivity index (χ2v) is 5.99. The van der Waals surface area contributed by atoms with Crippen LogP contribution in [0.4, 0.5) is 5.69 Å². The van der Waals surface area contributed by atoms with E-state index in [1.165, 1.54) is 12.1 Å². The maximum Gasteiger partial charge on any atom is 0.313 e. The smallest absolute Gasteiger partial charge is 0.313 e. The van der Waals surface area contributed by atoms with Gasteiger partial charge in [0.1, 0.15) is 5.60 Å². The van der Waals surface area contributed by atoms with E-state index < -0.39 is 16.5 Å². The van der Waals surface area contributed by atoms with E-state index in [9.17, 15) is 14.9 Å². The fraction of sp³-hybridized carbons (Fsp3) is 0.417. The monoisotopic (exact) mass is 363 g/mol. The third kappa shape index (κ3) is 3.04. The molecule has 0 aromatic heterocycles. The summed E-state index contributed by atoms with van der Waals surface area (Å²) in [4.78, 5) is 21.4. The minimum atomic E-state index is -0.988. The maximum absolute atomic E-state index is 11.1. The van der Waals surface area contributed by atoms with Crippen molar-refractivity contribution in [3.63, 3.8) is 0 Å². The molecule has 0 atom stereocenters. The van der Waals surface area contributed by atoms with E-state index >= 15 is 0 Å². The zero-order valence-corrected chi connectivity index (χ0v) is 12.6. The van der Waals surface area contributed by atoms with Crippen LogP contribution in [0.2, 0.25) is 5.02 Å². The Hall–Kier alpha value is -1.34. The van der Waals surface area contributed by atoms with Gasteiger partial charge in [0.25, 0.3) is 0 Å². The third-order valence-corrected chi connectivity index (χ3v) is 4.05. The molecule has 0 bridgehead atoms. The van der Waals surface area contributed by atoms with Crippen molar-refractivity contribution in [2.75, 3.05) is 0 Å². The van der Waals surface area contributed by atoms with Gasteiger partial charge in [0.15, 0.2) is 0 Å². The van der Waals surface area contributed by atoms with Crippen LogP contribution in [0.3, 0.4) is 0 Å². The summed E-state index contributed by atoms with van der Waals surface area (Å²) < 4.78 is 6.04. The first-order valence-electron chi connectivity index (χ1n) is 5.87. The molecular formula is C12H11BrClNO5. The lowest BCUT2D eigenvalue weighted by atomic mass is 9.77. The van der Waals surface area contributed by atoms with Crippen LogP contribution in [0, 0.1) is 10.1 Å². The molecule has 1 saturated carbocycles. The molecule has 0 radical (unpaired) electrons. The molecule has 108 valence electrons. The van der Waals surface area contributed by atoms with E-state index in [1.807, 2.05) is 0 Å². The van der Waals surface area contributed by atoms with Gasteiger partial charge in [0, 0.05) is 11.1 Å². The number of hydrogen-bond donors (Lipinski definition) is 1. The van der Waals surface area contributed by atoms with Crippen LogP contribution >= 0.6 is 27.5 Å². The van der Waals surface area contributed by atoms with E-state index in [4.69, 9.17) is 21.4 Å². The van der Waals surface area contributed by atoms with E-state index in [2.05, 4.69) is 15.9 Å². The highest BCUT2D eigenvalue weighted by Gasteiger charge is 2.43. The highest BCUT2D eigenvalue weighted by atomic mass is 79.9. The fourth-order valence-electron chi connectivity index (χ4n) is 2.16. The summed E-state index contributed by atoms with van der Waals surface area (Å²) in [6.45, 7) is 0. The van der Waals surface area contributed by atoms with E-state index in [0.717, 1.165) is 6.42 Å². The lowest BCUT2D eigenvalue weighted by Gasteiger charge is -2.40. The number of carbonyl (C=O) groups is 1. The molecule has 2 rings (SSSR count). The summed E-state index contributed by atoms with van der Waals surface area (Å²) in [5, 5.41) is 20.2. The molecule has 1 aromatic carbocycles. The molecule has 1 aliphatic carbocycles. The van der Waals surface area contributed by atoms with Crippen molar-refractivity contribution in [3.05, 3.63) is 31.7 Å². The topological polar surface area (TPSA) is 89.7 Å². The van der Waals surface area contributed by atoms with Crippen LogP contribution < -0.4 is 4.74 Å². The number of nitrogens with zero attached hydrogens (tertiary/aromatic N) is 1. The zero-order valence-electron chi connectivity index (χ0n) is 10.3. The molecule has 0 unspecified atom stereocenters. The van der Waals surface area contributed by atoms with Gasteiger partial charge in [0.05, 0.1) is 15.8 Å². The van der Waals surface area contributed by atoms with Crippen LogP contribution in [0.5, 0.6) is 5.75 Å². The first-order valence-corrected chi connectivity index (χ1v) is 7.04. The Labute approximate surface area is 128 Å². The van der Waals surface area contributed by atoms with Gasteiger partial charge in [0.2, 0.25) is 5.75 Å². The lowest BCUT2D eigenvalue weighted by molar-refractivity contribution is -0.386. The van der Waals surface area contributed by atoms with Gasteiger partial charge in [-0.25, -0.2) is 0 Å². The molecule has 1 N–H and O–H groups in total. The summed E-state index contributed by atoms with van der Waals surface area (Å²) >= 11 is 8.96. The van der Waals surface area contributed by atoms with Crippen LogP contribution in [0.15, 0.2) is 16.6 Å². The molecule has 1 aliphatic rings. The standard InChI is InChI=1S/C12H11BrClNO5/c13-8-4-7(14)5-9(15(18)19)11(8)20-12(2-1-3-12)6-10(16)17/h4-5H,1-3,6H2,(H,16,17). The summed E-state index contributed by atoms with van der Waals surface area (Å²) in [5.41, 5.74) is -1.14. The number of nitro benzene ring substituents is 1. The third-order valence-electron chi connectivity index (χ3n) is 3.24. The van der Waals surface area contributed by atoms with Gasteiger partial charge in [-0.2, -0.15) is 0 Å². The number of rotatable bonds is 5. The van der Waals surface area contributed by atoms with Crippen molar-refractivity contribution >= 4 is 39.2 Å². The van der Waals surface area contributed by atoms with Crippen molar-refractivity contribution in [2.45, 2.75) is 31.3 Å². The number of hydrogen-bond acceptors (Lipinski definition) is 4. The summed E-state index contributed by atoms with van der Waals surface area (Å²) in [7, 11) is 0. The molecule has 20 heavy (non-hydrogen) atoms. The summed E-state index contributed by atoms with van der Waals surface area (Å²) in [5.74, 6) is -0.960. The molecule has 0 amide bonds. The van der Waals surface area contributed by atoms with Crippen LogP contribution in [-0.2, 0) is 4.79 Å². The summed E-state index contributed by atoms with van der Waals surface area (Å²) in [6, 6.07) is 2.67. The lowest BCUT2D eigenvalue weighted by Crippen LogP contribution is -2.45. The maximum atomic E-state index is 11.1. The van der Waals surface area contributed by atoms with E-state index in [1.54, 1.807) is 0 Å². The first kappa shape index (κ1) is 15.1. The van der Waals surface area contributed by atoms with Crippen molar-refractivity contribution in [1.29, 1.82) is 0 Å². The normalized spacial score (nSPS) is 16.3. The Morgan fingerprint density at radius 1 is 1.55 bits per heavy atom. The second-order valence-electron chi connectivity index (χ2n) is 4.70. The fourth-order valence-corrected chi connectivity index (χ4v) is 3.04. The molecule has 0 heterocycles. The number of nitro groups is 1. The van der Waals surface area contributed by atoms with Gasteiger partial charge >= 0.3 is 11.7 Å². The largest absolute Gasteiger partial charge is 0.481 e. The first-order chi connectivity index (χ1) is 9.33. The van der Waals surface area contributed by atoms with Crippen molar-refractivity contribution < 1.29 is 19.6 Å². The molecule has 0 saturated heterocycles. The average Bonchev–Trinajstić information content (AvgIpc) is 2.28. The number of benzene rings is 1. The molecule has 1 fully saturated rings. The quantitative estimate of drug-likeness (QED) is 0.634. The SMILES string of the molecule is O=C(O)CC1(Oc2c(Br)cc(Cl)cc2[N+](=O)[O-])CCC1. The van der Waals surface area contributed by atoms with E-state index in [0.29, 0.717) is 17.3 Å². The number of carboxylic acid groups (broad SMARTS) is 1. The van der Waals surface area contributed by atoms with Gasteiger partial charge < -0.3 is 9.84 Å². The van der Waals surface area contributed by atoms with Gasteiger partial charge in [-0.1, -0.05) is 11.6 Å². The minimum Gasteiger partial charge on any atom is -0.481 e.